The average Bonchev–Trinajstić information content (AvgIpc) is 2.70. The Morgan fingerprint density at radius 3 is 2.44 bits per heavy atom. The Bertz CT molecular complexity index is 750. The number of amides is 1. The van der Waals surface area contributed by atoms with Crippen LogP contribution in [0.4, 0.5) is 0 Å². The zero-order chi connectivity index (χ0) is 18.9. The van der Waals surface area contributed by atoms with Crippen molar-refractivity contribution < 1.29 is 9.53 Å². The van der Waals surface area contributed by atoms with Crippen molar-refractivity contribution >= 4 is 29.3 Å². The molecule has 0 radical (unpaired) electrons. The number of morpholine rings is 1. The van der Waals surface area contributed by atoms with Gasteiger partial charge in [-0.05, 0) is 22.8 Å². The Labute approximate surface area is 170 Å². The zero-order valence-corrected chi connectivity index (χ0v) is 16.9. The van der Waals surface area contributed by atoms with Crippen LogP contribution in [0.1, 0.15) is 16.7 Å². The number of carbonyl (C=O) groups excluding carboxylic acids is 1. The molecule has 0 spiro atoms. The smallest absolute Gasteiger partial charge is 0.230 e. The molecule has 4 nitrogen and oxygen atoms in total. The first-order valence-corrected chi connectivity index (χ1v) is 10.7. The summed E-state index contributed by atoms with van der Waals surface area (Å²) in [5.74, 6) is 1.21. The lowest BCUT2D eigenvalue weighted by Gasteiger charge is -2.27. The molecule has 2 aromatic rings. The van der Waals surface area contributed by atoms with Crippen molar-refractivity contribution in [2.45, 2.75) is 18.8 Å². The van der Waals surface area contributed by atoms with Gasteiger partial charge in [-0.2, -0.15) is 0 Å². The topological polar surface area (TPSA) is 41.6 Å². The molecule has 1 amide bonds. The van der Waals surface area contributed by atoms with E-state index in [-0.39, 0.29) is 5.91 Å². The van der Waals surface area contributed by atoms with Crippen molar-refractivity contribution in [1.29, 1.82) is 0 Å². The predicted molar refractivity (Wildman–Crippen MR) is 112 cm³/mol. The summed E-state index contributed by atoms with van der Waals surface area (Å²) in [5.41, 5.74) is 3.50. The van der Waals surface area contributed by atoms with Gasteiger partial charge in [0.15, 0.2) is 0 Å². The molecule has 3 rings (SSSR count). The van der Waals surface area contributed by atoms with Crippen LogP contribution in [-0.4, -0.2) is 42.9 Å². The third kappa shape index (κ3) is 6.54. The number of rotatable bonds is 8. The van der Waals surface area contributed by atoms with Gasteiger partial charge in [0.05, 0.1) is 19.0 Å². The molecule has 2 aromatic carbocycles. The van der Waals surface area contributed by atoms with E-state index < -0.39 is 0 Å². The summed E-state index contributed by atoms with van der Waals surface area (Å²) >= 11 is 7.73. The van der Waals surface area contributed by atoms with Crippen LogP contribution in [0.3, 0.4) is 0 Å². The molecule has 144 valence electrons. The average molecular weight is 405 g/mol. The first-order valence-electron chi connectivity index (χ1n) is 9.17. The summed E-state index contributed by atoms with van der Waals surface area (Å²) < 4.78 is 5.41. The molecule has 1 N–H and O–H groups in total. The van der Waals surface area contributed by atoms with Gasteiger partial charge in [-0.1, -0.05) is 54.1 Å². The lowest BCUT2D eigenvalue weighted by Crippen LogP contribution is -2.36. The molecule has 1 fully saturated rings. The summed E-state index contributed by atoms with van der Waals surface area (Å²) in [6.07, 6.45) is 0. The fourth-order valence-corrected chi connectivity index (χ4v) is 4.14. The van der Waals surface area contributed by atoms with Crippen molar-refractivity contribution in [2.75, 3.05) is 32.1 Å². The van der Waals surface area contributed by atoms with Gasteiger partial charge in [-0.3, -0.25) is 9.69 Å². The molecule has 1 aliphatic rings. The highest BCUT2D eigenvalue weighted by Gasteiger charge is 2.13. The zero-order valence-electron chi connectivity index (χ0n) is 15.3. The van der Waals surface area contributed by atoms with E-state index in [1.54, 1.807) is 11.8 Å². The highest BCUT2D eigenvalue weighted by molar-refractivity contribution is 7.99. The molecular weight excluding hydrogens is 380 g/mol. The Kier molecular flexibility index (Phi) is 8.02. The predicted octanol–water partition coefficient (Wildman–Crippen LogP) is 3.72. The van der Waals surface area contributed by atoms with Gasteiger partial charge in [0.1, 0.15) is 0 Å². The number of thioether (sulfide) groups is 1. The van der Waals surface area contributed by atoms with E-state index in [2.05, 4.69) is 28.4 Å². The number of halogens is 1. The van der Waals surface area contributed by atoms with E-state index in [1.807, 2.05) is 30.3 Å². The van der Waals surface area contributed by atoms with Crippen molar-refractivity contribution in [2.24, 2.45) is 0 Å². The lowest BCUT2D eigenvalue weighted by atomic mass is 10.1. The molecule has 0 bridgehead atoms. The molecule has 0 unspecified atom stereocenters. The molecule has 1 aliphatic heterocycles. The summed E-state index contributed by atoms with van der Waals surface area (Å²) in [7, 11) is 0. The number of nitrogens with one attached hydrogen (secondary N) is 1. The van der Waals surface area contributed by atoms with E-state index in [1.165, 1.54) is 11.1 Å². The van der Waals surface area contributed by atoms with Crippen LogP contribution in [0, 0.1) is 0 Å². The second kappa shape index (κ2) is 10.7. The minimum Gasteiger partial charge on any atom is -0.379 e. The monoisotopic (exact) mass is 404 g/mol. The fourth-order valence-electron chi connectivity index (χ4n) is 3.00. The van der Waals surface area contributed by atoms with Crippen molar-refractivity contribution in [3.63, 3.8) is 0 Å². The second-order valence-corrected chi connectivity index (χ2v) is 7.91. The fraction of sp³-hybridized carbons (Fsp3) is 0.381. The van der Waals surface area contributed by atoms with Crippen LogP contribution < -0.4 is 5.32 Å². The Hall–Kier alpha value is -1.53. The summed E-state index contributed by atoms with van der Waals surface area (Å²) in [6.45, 7) is 4.96. The van der Waals surface area contributed by atoms with Gasteiger partial charge >= 0.3 is 0 Å². The minimum absolute atomic E-state index is 0.0493. The molecule has 1 heterocycles. The molecule has 27 heavy (non-hydrogen) atoms. The van der Waals surface area contributed by atoms with E-state index in [9.17, 15) is 4.79 Å². The number of carbonyl (C=O) groups is 1. The normalized spacial score (nSPS) is 14.9. The van der Waals surface area contributed by atoms with Gasteiger partial charge in [0.25, 0.3) is 0 Å². The number of ether oxygens (including phenoxy) is 1. The molecule has 0 aliphatic carbocycles. The third-order valence-electron chi connectivity index (χ3n) is 4.54. The van der Waals surface area contributed by atoms with Crippen LogP contribution in [0.15, 0.2) is 48.5 Å². The number of hydrogen-bond acceptors (Lipinski definition) is 4. The van der Waals surface area contributed by atoms with Gasteiger partial charge in [0, 0.05) is 37.0 Å². The Balaban J connectivity index is 1.45. The first-order chi connectivity index (χ1) is 13.2. The maximum atomic E-state index is 12.2. The van der Waals surface area contributed by atoms with Crippen molar-refractivity contribution in [3.8, 4) is 0 Å². The first kappa shape index (κ1) is 20.2. The van der Waals surface area contributed by atoms with Gasteiger partial charge in [-0.25, -0.2) is 0 Å². The Morgan fingerprint density at radius 1 is 1.04 bits per heavy atom. The van der Waals surface area contributed by atoms with E-state index in [0.717, 1.165) is 49.2 Å². The quantitative estimate of drug-likeness (QED) is 0.728. The van der Waals surface area contributed by atoms with Crippen LogP contribution in [0.25, 0.3) is 0 Å². The van der Waals surface area contributed by atoms with Gasteiger partial charge in [0.2, 0.25) is 5.91 Å². The largest absolute Gasteiger partial charge is 0.379 e. The highest BCUT2D eigenvalue weighted by Crippen LogP contribution is 2.20. The van der Waals surface area contributed by atoms with E-state index in [0.29, 0.717) is 12.3 Å². The molecular formula is C21H25ClN2O2S. The van der Waals surface area contributed by atoms with Crippen LogP contribution in [-0.2, 0) is 28.4 Å². The van der Waals surface area contributed by atoms with E-state index >= 15 is 0 Å². The summed E-state index contributed by atoms with van der Waals surface area (Å²) in [4.78, 5) is 14.6. The van der Waals surface area contributed by atoms with Crippen molar-refractivity contribution in [3.05, 3.63) is 70.2 Å². The molecule has 0 saturated carbocycles. The molecule has 6 heteroatoms. The number of benzene rings is 2. The molecule has 0 atom stereocenters. The second-order valence-electron chi connectivity index (χ2n) is 6.52. The maximum absolute atomic E-state index is 12.2. The van der Waals surface area contributed by atoms with Crippen LogP contribution in [0.2, 0.25) is 5.02 Å². The van der Waals surface area contributed by atoms with Gasteiger partial charge in [-0.15, -0.1) is 11.8 Å². The van der Waals surface area contributed by atoms with Gasteiger partial charge < -0.3 is 10.1 Å². The third-order valence-corrected chi connectivity index (χ3v) is 5.89. The van der Waals surface area contributed by atoms with Crippen molar-refractivity contribution in [1.82, 2.24) is 10.2 Å². The summed E-state index contributed by atoms with van der Waals surface area (Å²) in [5, 5.41) is 3.79. The van der Waals surface area contributed by atoms with E-state index in [4.69, 9.17) is 16.3 Å². The lowest BCUT2D eigenvalue weighted by molar-refractivity contribution is -0.118. The number of nitrogens with zero attached hydrogens (tertiary/aromatic N) is 1. The highest BCUT2D eigenvalue weighted by atomic mass is 35.5. The summed E-state index contributed by atoms with van der Waals surface area (Å²) in [6, 6.07) is 16.1. The molecule has 1 saturated heterocycles. The van der Waals surface area contributed by atoms with Crippen LogP contribution >= 0.6 is 23.4 Å². The molecule has 0 aromatic heterocycles. The minimum atomic E-state index is 0.0493. The standard InChI is InChI=1S/C21H25ClN2O2S/c22-20-8-4-3-7-19(20)15-27-16-21(25)23-13-17-5-1-2-6-18(17)14-24-9-11-26-12-10-24/h1-8H,9-16H2,(H,23,25). The van der Waals surface area contributed by atoms with Crippen LogP contribution in [0.5, 0.6) is 0 Å². The maximum Gasteiger partial charge on any atom is 0.230 e. The Morgan fingerprint density at radius 2 is 1.70 bits per heavy atom. The SMILES string of the molecule is O=C(CSCc1ccccc1Cl)NCc1ccccc1CN1CCOCC1. The number of hydrogen-bond donors (Lipinski definition) is 1.